The molecule has 3 heteroatoms. The largest absolute Gasteiger partial charge is 0.370 e. The van der Waals surface area contributed by atoms with Gasteiger partial charge in [-0.3, -0.25) is 0 Å². The maximum Gasteiger partial charge on any atom is 0.0674 e. The van der Waals surface area contributed by atoms with Crippen molar-refractivity contribution in [1.82, 2.24) is 10.2 Å². The van der Waals surface area contributed by atoms with Crippen molar-refractivity contribution in [3.05, 3.63) is 11.1 Å². The summed E-state index contributed by atoms with van der Waals surface area (Å²) < 4.78 is 0. The van der Waals surface area contributed by atoms with Gasteiger partial charge in [-0.25, -0.2) is 0 Å². The minimum absolute atomic E-state index is 0.811. The van der Waals surface area contributed by atoms with Crippen molar-refractivity contribution in [2.75, 3.05) is 12.9 Å². The second kappa shape index (κ2) is 3.46. The zero-order valence-electron chi connectivity index (χ0n) is 8.70. The predicted octanol–water partition coefficient (Wildman–Crippen LogP) is 1.99. The third kappa shape index (κ3) is 1.68. The summed E-state index contributed by atoms with van der Waals surface area (Å²) in [5.41, 5.74) is 0. The van der Waals surface area contributed by atoms with Gasteiger partial charge in [0.05, 0.1) is 5.88 Å². The molecular weight excluding hydrogens is 192 g/mol. The Morgan fingerprint density at radius 1 is 1.50 bits per heavy atom. The highest BCUT2D eigenvalue weighted by Crippen LogP contribution is 2.46. The molecule has 2 unspecified atom stereocenters. The van der Waals surface area contributed by atoms with Gasteiger partial charge in [-0.15, -0.1) is 11.8 Å². The van der Waals surface area contributed by atoms with Crippen LogP contribution in [0, 0.1) is 5.92 Å². The van der Waals surface area contributed by atoms with Crippen LogP contribution in [0.3, 0.4) is 0 Å². The van der Waals surface area contributed by atoms with Gasteiger partial charge in [0.15, 0.2) is 0 Å². The molecule has 2 nitrogen and oxygen atoms in total. The van der Waals surface area contributed by atoms with Crippen LogP contribution < -0.4 is 5.32 Å². The molecule has 0 radical (unpaired) electrons. The van der Waals surface area contributed by atoms with Crippen LogP contribution in [-0.4, -0.2) is 29.9 Å². The molecule has 0 aromatic heterocycles. The Morgan fingerprint density at radius 2 is 2.36 bits per heavy atom. The molecule has 1 aliphatic heterocycles. The third-order valence-corrected chi connectivity index (χ3v) is 4.77. The molecule has 0 amide bonds. The molecule has 14 heavy (non-hydrogen) atoms. The summed E-state index contributed by atoms with van der Waals surface area (Å²) in [6.07, 6.45) is 7.97. The molecule has 0 bridgehead atoms. The maximum absolute atomic E-state index is 3.76. The molecule has 2 saturated carbocycles. The fourth-order valence-electron chi connectivity index (χ4n) is 2.24. The first-order valence-corrected chi connectivity index (χ1v) is 6.62. The maximum atomic E-state index is 3.76. The Labute approximate surface area is 90.1 Å². The highest BCUT2D eigenvalue weighted by atomic mass is 32.2. The first-order chi connectivity index (χ1) is 6.83. The van der Waals surface area contributed by atoms with E-state index in [0.29, 0.717) is 0 Å². The smallest absolute Gasteiger partial charge is 0.0674 e. The van der Waals surface area contributed by atoms with Gasteiger partial charge in [-0.05, 0) is 19.3 Å². The van der Waals surface area contributed by atoms with Crippen LogP contribution in [0.2, 0.25) is 0 Å². The van der Waals surface area contributed by atoms with Gasteiger partial charge in [0, 0.05) is 36.2 Å². The molecular formula is C11H18N2S. The molecule has 1 N–H and O–H groups in total. The Morgan fingerprint density at radius 3 is 2.93 bits per heavy atom. The average molecular weight is 210 g/mol. The molecule has 3 rings (SSSR count). The second-order valence-corrected chi connectivity index (χ2v) is 5.82. The number of nitrogens with zero attached hydrogens (tertiary/aromatic N) is 1. The summed E-state index contributed by atoms with van der Waals surface area (Å²) in [4.78, 5) is 3.91. The van der Waals surface area contributed by atoms with Crippen molar-refractivity contribution in [2.24, 2.45) is 5.92 Å². The number of hydrogen-bond acceptors (Lipinski definition) is 3. The van der Waals surface area contributed by atoms with Gasteiger partial charge in [0.2, 0.25) is 0 Å². The minimum Gasteiger partial charge on any atom is -0.370 e. The first-order valence-electron chi connectivity index (χ1n) is 5.64. The Bertz CT molecular complexity index is 260. The summed E-state index contributed by atoms with van der Waals surface area (Å²) in [7, 11) is 2.16. The lowest BCUT2D eigenvalue weighted by atomic mass is 9.93. The van der Waals surface area contributed by atoms with E-state index in [1.54, 1.807) is 4.91 Å². The van der Waals surface area contributed by atoms with E-state index in [1.807, 2.05) is 11.8 Å². The van der Waals surface area contributed by atoms with Crippen LogP contribution in [0.4, 0.5) is 0 Å². The van der Waals surface area contributed by atoms with Crippen molar-refractivity contribution in [1.29, 1.82) is 0 Å². The van der Waals surface area contributed by atoms with Crippen LogP contribution in [0.5, 0.6) is 0 Å². The monoisotopic (exact) mass is 210 g/mol. The number of nitrogens with one attached hydrogen (secondary N) is 1. The highest BCUT2D eigenvalue weighted by molar-refractivity contribution is 8.03. The number of thioether (sulfide) groups is 1. The molecule has 2 atom stereocenters. The topological polar surface area (TPSA) is 15.3 Å². The van der Waals surface area contributed by atoms with Crippen LogP contribution in [-0.2, 0) is 0 Å². The minimum atomic E-state index is 0.811. The molecule has 0 aromatic carbocycles. The Kier molecular flexibility index (Phi) is 2.25. The van der Waals surface area contributed by atoms with Gasteiger partial charge in [-0.2, -0.15) is 0 Å². The number of rotatable bonds is 3. The van der Waals surface area contributed by atoms with Crippen LogP contribution in [0.15, 0.2) is 11.1 Å². The lowest BCUT2D eigenvalue weighted by molar-refractivity contribution is 0.334. The van der Waals surface area contributed by atoms with Gasteiger partial charge in [0.1, 0.15) is 0 Å². The quantitative estimate of drug-likeness (QED) is 0.767. The summed E-state index contributed by atoms with van der Waals surface area (Å²) in [6, 6.07) is 1.67. The summed E-state index contributed by atoms with van der Waals surface area (Å²) in [5.74, 6) is 2.01. The van der Waals surface area contributed by atoms with Crippen molar-refractivity contribution < 1.29 is 0 Å². The van der Waals surface area contributed by atoms with Crippen LogP contribution in [0.1, 0.15) is 25.7 Å². The van der Waals surface area contributed by atoms with E-state index in [4.69, 9.17) is 0 Å². The van der Waals surface area contributed by atoms with E-state index in [2.05, 4.69) is 23.5 Å². The van der Waals surface area contributed by atoms with E-state index in [0.717, 1.165) is 23.9 Å². The summed E-state index contributed by atoms with van der Waals surface area (Å²) in [6.45, 7) is 0. The highest BCUT2D eigenvalue weighted by Gasteiger charge is 2.42. The van der Waals surface area contributed by atoms with Gasteiger partial charge in [-0.1, -0.05) is 6.42 Å². The lowest BCUT2D eigenvalue weighted by Gasteiger charge is -2.26. The molecule has 0 spiro atoms. The SMILES string of the molecule is CN1C=C(C2CC2NC2CCC2)SC1. The predicted molar refractivity (Wildman–Crippen MR) is 61.0 cm³/mol. The van der Waals surface area contributed by atoms with Crippen molar-refractivity contribution in [2.45, 2.75) is 37.8 Å². The summed E-state index contributed by atoms with van der Waals surface area (Å²) >= 11 is 2.02. The Hall–Kier alpha value is -0.150. The zero-order chi connectivity index (χ0) is 9.54. The molecule has 1 heterocycles. The molecule has 3 aliphatic rings. The van der Waals surface area contributed by atoms with Crippen LogP contribution >= 0.6 is 11.8 Å². The standard InChI is InChI=1S/C11H18N2S/c1-13-6-11(14-7-13)9-5-10(9)12-8-3-2-4-8/h6,8-10,12H,2-5,7H2,1H3. The molecule has 78 valence electrons. The van der Waals surface area contributed by atoms with Crippen LogP contribution in [0.25, 0.3) is 0 Å². The van der Waals surface area contributed by atoms with Crippen molar-refractivity contribution in [3.63, 3.8) is 0 Å². The van der Waals surface area contributed by atoms with E-state index < -0.39 is 0 Å². The van der Waals surface area contributed by atoms with Crippen molar-refractivity contribution >= 4 is 11.8 Å². The molecule has 2 fully saturated rings. The lowest BCUT2D eigenvalue weighted by Crippen LogP contribution is -2.37. The van der Waals surface area contributed by atoms with Gasteiger partial charge in [0.25, 0.3) is 0 Å². The summed E-state index contributed by atoms with van der Waals surface area (Å²) in [5, 5.41) is 3.76. The molecule has 0 aromatic rings. The van der Waals surface area contributed by atoms with E-state index in [-0.39, 0.29) is 0 Å². The fourth-order valence-corrected chi connectivity index (χ4v) is 3.40. The van der Waals surface area contributed by atoms with E-state index in [9.17, 15) is 0 Å². The molecule has 0 saturated heterocycles. The van der Waals surface area contributed by atoms with Gasteiger partial charge >= 0.3 is 0 Å². The third-order valence-electron chi connectivity index (χ3n) is 3.49. The molecule has 2 aliphatic carbocycles. The normalized spacial score (nSPS) is 36.9. The fraction of sp³-hybridized carbons (Fsp3) is 0.818. The average Bonchev–Trinajstić information content (AvgIpc) is 2.74. The number of hydrogen-bond donors (Lipinski definition) is 1. The van der Waals surface area contributed by atoms with E-state index in [1.165, 1.54) is 25.7 Å². The Balaban J connectivity index is 1.50. The zero-order valence-corrected chi connectivity index (χ0v) is 9.52. The van der Waals surface area contributed by atoms with Crippen molar-refractivity contribution in [3.8, 4) is 0 Å². The second-order valence-electron chi connectivity index (χ2n) is 4.81. The van der Waals surface area contributed by atoms with E-state index >= 15 is 0 Å². The van der Waals surface area contributed by atoms with Gasteiger partial charge < -0.3 is 10.2 Å². The first kappa shape index (κ1) is 9.10.